The Balaban J connectivity index is 1.46. The van der Waals surface area contributed by atoms with Crippen molar-refractivity contribution >= 4 is 11.6 Å². The number of rotatable bonds is 6. The summed E-state index contributed by atoms with van der Waals surface area (Å²) in [5, 5.41) is 2.61. The number of carbonyl (C=O) groups excluding carboxylic acids is 1. The van der Waals surface area contributed by atoms with E-state index in [4.69, 9.17) is 0 Å². The van der Waals surface area contributed by atoms with Crippen LogP contribution in [0, 0.1) is 6.92 Å². The number of hydrogen-bond acceptors (Lipinski definition) is 4. The van der Waals surface area contributed by atoms with Crippen LogP contribution in [0.2, 0.25) is 0 Å². The van der Waals surface area contributed by atoms with Crippen LogP contribution in [0.25, 0.3) is 5.69 Å². The number of anilines is 1. The third-order valence-electron chi connectivity index (χ3n) is 6.05. The van der Waals surface area contributed by atoms with Crippen LogP contribution >= 0.6 is 0 Å². The number of benzene rings is 2. The number of hydrogen-bond donors (Lipinski definition) is 1. The molecule has 2 heterocycles. The number of nitrogens with zero attached hydrogens (tertiary/aromatic N) is 4. The minimum Gasteiger partial charge on any atom is -0.322 e. The smallest absolute Gasteiger partial charge is 0.322 e. The molecule has 0 unspecified atom stereocenters. The molecule has 0 spiro atoms. The van der Waals surface area contributed by atoms with Crippen LogP contribution in [0.1, 0.15) is 34.1 Å². The molecular formula is C25H28F3N5O. The Morgan fingerprint density at radius 1 is 1.03 bits per heavy atom. The van der Waals surface area contributed by atoms with Crippen molar-refractivity contribution in [2.24, 2.45) is 0 Å². The van der Waals surface area contributed by atoms with Gasteiger partial charge in [0.2, 0.25) is 0 Å². The number of amides is 1. The fourth-order valence-corrected chi connectivity index (χ4v) is 4.05. The highest BCUT2D eigenvalue weighted by atomic mass is 19.4. The third kappa shape index (κ3) is 5.84. The van der Waals surface area contributed by atoms with E-state index < -0.39 is 17.6 Å². The maximum atomic E-state index is 13.5. The van der Waals surface area contributed by atoms with E-state index in [0.717, 1.165) is 57.0 Å². The van der Waals surface area contributed by atoms with Gasteiger partial charge >= 0.3 is 6.18 Å². The maximum Gasteiger partial charge on any atom is 0.416 e. The number of alkyl halides is 3. The van der Waals surface area contributed by atoms with Gasteiger partial charge in [0.05, 0.1) is 17.6 Å². The van der Waals surface area contributed by atoms with Crippen molar-refractivity contribution in [2.45, 2.75) is 26.6 Å². The Hall–Kier alpha value is -3.17. The Labute approximate surface area is 197 Å². The molecule has 0 aliphatic carbocycles. The lowest BCUT2D eigenvalue weighted by atomic mass is 10.1. The second-order valence-electron chi connectivity index (χ2n) is 8.55. The van der Waals surface area contributed by atoms with Crippen molar-refractivity contribution in [2.75, 3.05) is 38.0 Å². The van der Waals surface area contributed by atoms with Gasteiger partial charge in [0.15, 0.2) is 0 Å². The van der Waals surface area contributed by atoms with Crippen LogP contribution in [0.5, 0.6) is 0 Å². The molecule has 3 aromatic rings. The quantitative estimate of drug-likeness (QED) is 0.572. The number of imidazole rings is 1. The zero-order valence-corrected chi connectivity index (χ0v) is 19.3. The van der Waals surface area contributed by atoms with E-state index in [1.54, 1.807) is 25.3 Å². The predicted molar refractivity (Wildman–Crippen MR) is 125 cm³/mol. The first-order valence-electron chi connectivity index (χ1n) is 11.3. The van der Waals surface area contributed by atoms with Gasteiger partial charge in [0.1, 0.15) is 0 Å². The first-order chi connectivity index (χ1) is 16.2. The summed E-state index contributed by atoms with van der Waals surface area (Å²) >= 11 is 0. The highest BCUT2D eigenvalue weighted by Gasteiger charge is 2.31. The molecule has 2 aromatic carbocycles. The number of aromatic nitrogens is 2. The average Bonchev–Trinajstić information content (AvgIpc) is 3.25. The largest absolute Gasteiger partial charge is 0.416 e. The van der Waals surface area contributed by atoms with Gasteiger partial charge < -0.3 is 14.8 Å². The lowest BCUT2D eigenvalue weighted by molar-refractivity contribution is -0.137. The summed E-state index contributed by atoms with van der Waals surface area (Å²) in [6, 6.07) is 10.7. The molecular weight excluding hydrogens is 443 g/mol. The fourth-order valence-electron chi connectivity index (χ4n) is 4.05. The van der Waals surface area contributed by atoms with Gasteiger partial charge in [0, 0.05) is 55.9 Å². The Kier molecular flexibility index (Phi) is 7.04. The van der Waals surface area contributed by atoms with Crippen molar-refractivity contribution in [3.05, 3.63) is 77.4 Å². The van der Waals surface area contributed by atoms with Gasteiger partial charge in [-0.3, -0.25) is 9.69 Å². The second-order valence-corrected chi connectivity index (χ2v) is 8.55. The van der Waals surface area contributed by atoms with Crippen molar-refractivity contribution in [3.8, 4) is 5.69 Å². The zero-order valence-electron chi connectivity index (χ0n) is 19.3. The van der Waals surface area contributed by atoms with E-state index in [2.05, 4.69) is 27.0 Å². The van der Waals surface area contributed by atoms with Gasteiger partial charge in [0.25, 0.3) is 5.91 Å². The van der Waals surface area contributed by atoms with Gasteiger partial charge in [-0.05, 0) is 49.4 Å². The monoisotopic (exact) mass is 471 g/mol. The van der Waals surface area contributed by atoms with E-state index in [-0.39, 0.29) is 11.4 Å². The van der Waals surface area contributed by atoms with Gasteiger partial charge in [-0.25, -0.2) is 4.98 Å². The minimum atomic E-state index is -4.55. The molecule has 1 aliphatic heterocycles. The Bertz CT molecular complexity index is 1130. The predicted octanol–water partition coefficient (Wildman–Crippen LogP) is 4.59. The highest BCUT2D eigenvalue weighted by Crippen LogP contribution is 2.33. The first kappa shape index (κ1) is 24.0. The van der Waals surface area contributed by atoms with Crippen LogP contribution in [0.3, 0.4) is 0 Å². The van der Waals surface area contributed by atoms with Crippen molar-refractivity contribution < 1.29 is 18.0 Å². The molecule has 34 heavy (non-hydrogen) atoms. The standard InChI is InChI=1S/C25H28F3N5O/c1-3-31-8-10-32(11-9-31)16-19-4-6-20(7-5-19)24(34)30-22-12-21(25(26,27)28)13-23(14-22)33-15-18(2)29-17-33/h4-7,12-15,17H,3,8-11,16H2,1-2H3,(H,30,34). The van der Waals surface area contributed by atoms with E-state index in [1.165, 1.54) is 17.0 Å². The number of piperazine rings is 1. The number of likely N-dealkylation sites (N-methyl/N-ethyl adjacent to an activating group) is 1. The molecule has 1 N–H and O–H groups in total. The fraction of sp³-hybridized carbons (Fsp3) is 0.360. The van der Waals surface area contributed by atoms with Crippen molar-refractivity contribution in [1.82, 2.24) is 19.4 Å². The molecule has 0 saturated carbocycles. The van der Waals surface area contributed by atoms with Crippen LogP contribution in [0.4, 0.5) is 18.9 Å². The summed E-state index contributed by atoms with van der Waals surface area (Å²) < 4.78 is 41.9. The third-order valence-corrected chi connectivity index (χ3v) is 6.05. The Morgan fingerprint density at radius 3 is 2.29 bits per heavy atom. The van der Waals surface area contributed by atoms with Crippen molar-refractivity contribution in [3.63, 3.8) is 0 Å². The molecule has 1 fully saturated rings. The van der Waals surface area contributed by atoms with E-state index in [1.807, 2.05) is 12.1 Å². The molecule has 0 radical (unpaired) electrons. The lowest BCUT2D eigenvalue weighted by Crippen LogP contribution is -2.45. The van der Waals surface area contributed by atoms with Gasteiger partial charge in [-0.15, -0.1) is 0 Å². The molecule has 0 atom stereocenters. The lowest BCUT2D eigenvalue weighted by Gasteiger charge is -2.34. The second kappa shape index (κ2) is 9.99. The molecule has 1 amide bonds. The molecule has 1 saturated heterocycles. The Morgan fingerprint density at radius 2 is 1.71 bits per heavy atom. The summed E-state index contributed by atoms with van der Waals surface area (Å²) in [5.74, 6) is -0.463. The zero-order chi connectivity index (χ0) is 24.3. The molecule has 180 valence electrons. The average molecular weight is 472 g/mol. The van der Waals surface area contributed by atoms with E-state index in [0.29, 0.717) is 11.3 Å². The van der Waals surface area contributed by atoms with Gasteiger partial charge in [-0.1, -0.05) is 19.1 Å². The van der Waals surface area contributed by atoms with Gasteiger partial charge in [-0.2, -0.15) is 13.2 Å². The topological polar surface area (TPSA) is 53.4 Å². The summed E-state index contributed by atoms with van der Waals surface area (Å²) in [6.07, 6.45) is -1.48. The van der Waals surface area contributed by atoms with Crippen LogP contribution in [0.15, 0.2) is 55.0 Å². The molecule has 4 rings (SSSR count). The molecule has 9 heteroatoms. The summed E-state index contributed by atoms with van der Waals surface area (Å²) in [7, 11) is 0. The highest BCUT2D eigenvalue weighted by molar-refractivity contribution is 6.04. The normalized spacial score (nSPS) is 15.4. The first-order valence-corrected chi connectivity index (χ1v) is 11.3. The maximum absolute atomic E-state index is 13.5. The van der Waals surface area contributed by atoms with Crippen LogP contribution in [-0.2, 0) is 12.7 Å². The molecule has 1 aromatic heterocycles. The molecule has 1 aliphatic rings. The SMILES string of the molecule is CCN1CCN(Cc2ccc(C(=O)Nc3cc(-n4cnc(C)c4)cc(C(F)(F)F)c3)cc2)CC1. The summed E-state index contributed by atoms with van der Waals surface area (Å²) in [6.45, 7) is 9.89. The number of aryl methyl sites for hydroxylation is 1. The number of halogens is 3. The molecule has 0 bridgehead atoms. The van der Waals surface area contributed by atoms with E-state index in [9.17, 15) is 18.0 Å². The van der Waals surface area contributed by atoms with E-state index >= 15 is 0 Å². The number of nitrogens with one attached hydrogen (secondary N) is 1. The number of carbonyl (C=O) groups is 1. The van der Waals surface area contributed by atoms with Crippen LogP contribution < -0.4 is 5.32 Å². The minimum absolute atomic E-state index is 0.0686. The molecule has 6 nitrogen and oxygen atoms in total. The van der Waals surface area contributed by atoms with Crippen LogP contribution in [-0.4, -0.2) is 58.0 Å². The van der Waals surface area contributed by atoms with Crippen molar-refractivity contribution in [1.29, 1.82) is 0 Å². The summed E-state index contributed by atoms with van der Waals surface area (Å²) in [4.78, 5) is 21.6. The summed E-state index contributed by atoms with van der Waals surface area (Å²) in [5.41, 5.74) is 1.65.